The van der Waals surface area contributed by atoms with Gasteiger partial charge in [0.05, 0.1) is 0 Å². The molecule has 6 aromatic rings. The molecule has 0 amide bonds. The smallest absolute Gasteiger partial charge is 0.00617 e. The summed E-state index contributed by atoms with van der Waals surface area (Å²) in [5.41, 5.74) is 14.7. The van der Waals surface area contributed by atoms with Crippen molar-refractivity contribution < 1.29 is 0 Å². The molecule has 0 saturated heterocycles. The zero-order chi connectivity index (χ0) is 27.2. The summed E-state index contributed by atoms with van der Waals surface area (Å²) in [6.07, 6.45) is 9.15. The maximum atomic E-state index is 2.46. The van der Waals surface area contributed by atoms with Gasteiger partial charge in [-0.15, -0.1) is 0 Å². The quantitative estimate of drug-likeness (QED) is 0.216. The van der Waals surface area contributed by atoms with E-state index in [0.29, 0.717) is 5.92 Å². The van der Waals surface area contributed by atoms with Crippen LogP contribution in [0.1, 0.15) is 34.6 Å². The number of benzene rings is 6. The molecule has 2 aliphatic carbocycles. The molecule has 0 spiro atoms. The maximum Gasteiger partial charge on any atom is 0.00617 e. The van der Waals surface area contributed by atoms with Crippen LogP contribution >= 0.6 is 0 Å². The van der Waals surface area contributed by atoms with Gasteiger partial charge in [-0.25, -0.2) is 0 Å². The normalized spacial score (nSPS) is 15.4. The molecule has 0 aromatic heterocycles. The molecule has 0 heterocycles. The molecule has 0 radical (unpaired) electrons. The van der Waals surface area contributed by atoms with Gasteiger partial charge in [-0.1, -0.05) is 152 Å². The van der Waals surface area contributed by atoms with E-state index >= 15 is 0 Å². The SMILES string of the molecule is C1=CC(c2ccc3c(c2)Cc2ccc4ccccc4c2-3)=CC(c2ccc(-c3ccc(-c4ccccc4)cc3)cc2)C1. The Balaban J connectivity index is 1.04. The highest BCUT2D eigenvalue weighted by Crippen LogP contribution is 2.43. The van der Waals surface area contributed by atoms with Gasteiger partial charge in [-0.3, -0.25) is 0 Å². The van der Waals surface area contributed by atoms with Crippen LogP contribution in [0.4, 0.5) is 0 Å². The van der Waals surface area contributed by atoms with Crippen molar-refractivity contribution in [1.82, 2.24) is 0 Å². The molecule has 0 saturated carbocycles. The zero-order valence-corrected chi connectivity index (χ0v) is 22.9. The van der Waals surface area contributed by atoms with Crippen LogP contribution in [-0.2, 0) is 6.42 Å². The molecule has 0 aliphatic heterocycles. The third-order valence-electron chi connectivity index (χ3n) is 8.84. The molecule has 1 unspecified atom stereocenters. The van der Waals surface area contributed by atoms with Crippen LogP contribution in [0.5, 0.6) is 0 Å². The van der Waals surface area contributed by atoms with E-state index in [0.717, 1.165) is 12.8 Å². The monoisotopic (exact) mass is 522 g/mol. The molecule has 41 heavy (non-hydrogen) atoms. The second-order valence-corrected chi connectivity index (χ2v) is 11.3. The van der Waals surface area contributed by atoms with Crippen LogP contribution < -0.4 is 0 Å². The fourth-order valence-electron chi connectivity index (χ4n) is 6.67. The van der Waals surface area contributed by atoms with Gasteiger partial charge in [0.25, 0.3) is 0 Å². The van der Waals surface area contributed by atoms with Crippen molar-refractivity contribution in [3.05, 3.63) is 174 Å². The molecule has 6 aromatic carbocycles. The van der Waals surface area contributed by atoms with Crippen molar-refractivity contribution >= 4 is 16.3 Å². The van der Waals surface area contributed by atoms with Crippen molar-refractivity contribution in [2.24, 2.45) is 0 Å². The lowest BCUT2D eigenvalue weighted by Gasteiger charge is -2.18. The molecule has 2 aliphatic rings. The molecule has 0 N–H and O–H groups in total. The second-order valence-electron chi connectivity index (χ2n) is 11.3. The van der Waals surface area contributed by atoms with Crippen LogP contribution in [0.15, 0.2) is 152 Å². The molecule has 0 bridgehead atoms. The van der Waals surface area contributed by atoms with Crippen LogP contribution in [-0.4, -0.2) is 0 Å². The number of rotatable bonds is 4. The lowest BCUT2D eigenvalue weighted by Crippen LogP contribution is -1.99. The molecule has 194 valence electrons. The van der Waals surface area contributed by atoms with E-state index in [1.807, 2.05) is 0 Å². The summed E-state index contributed by atoms with van der Waals surface area (Å²) in [7, 11) is 0. The highest BCUT2D eigenvalue weighted by molar-refractivity contribution is 6.01. The Kier molecular flexibility index (Phi) is 5.78. The Labute approximate surface area is 242 Å². The van der Waals surface area contributed by atoms with Gasteiger partial charge in [0, 0.05) is 5.92 Å². The van der Waals surface area contributed by atoms with Gasteiger partial charge in [0.15, 0.2) is 0 Å². The van der Waals surface area contributed by atoms with E-state index < -0.39 is 0 Å². The number of hydrogen-bond acceptors (Lipinski definition) is 0. The minimum absolute atomic E-state index is 0.388. The highest BCUT2D eigenvalue weighted by atomic mass is 14.3. The third-order valence-corrected chi connectivity index (χ3v) is 8.84. The highest BCUT2D eigenvalue weighted by Gasteiger charge is 2.22. The average Bonchev–Trinajstić information content (AvgIpc) is 3.44. The first-order valence-corrected chi connectivity index (χ1v) is 14.6. The Hall–Kier alpha value is -4.94. The van der Waals surface area contributed by atoms with E-state index in [9.17, 15) is 0 Å². The van der Waals surface area contributed by atoms with Crippen LogP contribution in [0.3, 0.4) is 0 Å². The second kappa shape index (κ2) is 9.91. The number of allylic oxidation sites excluding steroid dienone is 4. The molecule has 0 heteroatoms. The first-order valence-electron chi connectivity index (χ1n) is 14.6. The van der Waals surface area contributed by atoms with Crippen molar-refractivity contribution in [3.8, 4) is 33.4 Å². The number of fused-ring (bicyclic) bond motifs is 5. The Morgan fingerprint density at radius 1 is 0.512 bits per heavy atom. The van der Waals surface area contributed by atoms with Gasteiger partial charge in [-0.05, 0) is 84.8 Å². The van der Waals surface area contributed by atoms with Crippen molar-refractivity contribution in [1.29, 1.82) is 0 Å². The summed E-state index contributed by atoms with van der Waals surface area (Å²) in [6, 6.07) is 49.1. The fourth-order valence-corrected chi connectivity index (χ4v) is 6.67. The van der Waals surface area contributed by atoms with E-state index in [1.165, 1.54) is 72.0 Å². The van der Waals surface area contributed by atoms with Gasteiger partial charge < -0.3 is 0 Å². The summed E-state index contributed by atoms with van der Waals surface area (Å²) in [5.74, 6) is 0.388. The summed E-state index contributed by atoms with van der Waals surface area (Å²) in [6.45, 7) is 0. The Morgan fingerprint density at radius 2 is 1.17 bits per heavy atom. The van der Waals surface area contributed by atoms with Crippen molar-refractivity contribution in [3.63, 3.8) is 0 Å². The molecule has 0 fully saturated rings. The first kappa shape index (κ1) is 23.9. The van der Waals surface area contributed by atoms with E-state index in [-0.39, 0.29) is 0 Å². The zero-order valence-electron chi connectivity index (χ0n) is 22.9. The molecular weight excluding hydrogens is 492 g/mol. The standard InChI is InChI=1S/C41H30/c1-2-7-28(8-3-1)29-13-15-30(16-14-29)31-17-19-32(20-18-31)34-10-6-11-35(25-34)36-23-24-40-38(26-36)27-37-22-21-33-9-4-5-12-39(33)41(37)40/h1-9,11-26,34H,10,27H2. The van der Waals surface area contributed by atoms with E-state index in [4.69, 9.17) is 0 Å². The predicted octanol–water partition coefficient (Wildman–Crippen LogP) is 10.9. The summed E-state index contributed by atoms with van der Waals surface area (Å²) in [5, 5.41) is 2.68. The predicted molar refractivity (Wildman–Crippen MR) is 174 cm³/mol. The van der Waals surface area contributed by atoms with Gasteiger partial charge >= 0.3 is 0 Å². The topological polar surface area (TPSA) is 0 Å². The summed E-state index contributed by atoms with van der Waals surface area (Å²) >= 11 is 0. The van der Waals surface area contributed by atoms with Crippen LogP contribution in [0.25, 0.3) is 49.7 Å². The fraction of sp³-hybridized carbons (Fsp3) is 0.0732. The van der Waals surface area contributed by atoms with Crippen molar-refractivity contribution in [2.45, 2.75) is 18.8 Å². The Morgan fingerprint density at radius 3 is 1.95 bits per heavy atom. The minimum atomic E-state index is 0.388. The lowest BCUT2D eigenvalue weighted by atomic mass is 9.86. The summed E-state index contributed by atoms with van der Waals surface area (Å²) in [4.78, 5) is 0. The summed E-state index contributed by atoms with van der Waals surface area (Å²) < 4.78 is 0. The van der Waals surface area contributed by atoms with E-state index in [2.05, 4.69) is 152 Å². The molecule has 8 rings (SSSR count). The molecular formula is C41H30. The van der Waals surface area contributed by atoms with Crippen LogP contribution in [0, 0.1) is 0 Å². The third kappa shape index (κ3) is 4.33. The average molecular weight is 523 g/mol. The van der Waals surface area contributed by atoms with Gasteiger partial charge in [0.2, 0.25) is 0 Å². The van der Waals surface area contributed by atoms with Gasteiger partial charge in [0.1, 0.15) is 0 Å². The number of hydrogen-bond donors (Lipinski definition) is 0. The minimum Gasteiger partial charge on any atom is -0.0830 e. The Bertz CT molecular complexity index is 1950. The van der Waals surface area contributed by atoms with Crippen molar-refractivity contribution in [2.75, 3.05) is 0 Å². The van der Waals surface area contributed by atoms with Crippen LogP contribution in [0.2, 0.25) is 0 Å². The molecule has 1 atom stereocenters. The largest absolute Gasteiger partial charge is 0.0830 e. The first-order chi connectivity index (χ1) is 20.3. The molecule has 0 nitrogen and oxygen atoms in total. The maximum absolute atomic E-state index is 2.46. The van der Waals surface area contributed by atoms with E-state index in [1.54, 1.807) is 0 Å². The van der Waals surface area contributed by atoms with Gasteiger partial charge in [-0.2, -0.15) is 0 Å². The lowest BCUT2D eigenvalue weighted by molar-refractivity contribution is 0.857.